The Morgan fingerprint density at radius 1 is 0.810 bits per heavy atom. The molecule has 0 saturated carbocycles. The molecule has 0 aromatic carbocycles. The minimum Gasteiger partial charge on any atom is -0.302 e. The van der Waals surface area contributed by atoms with Gasteiger partial charge in [-0.25, -0.2) is 0 Å². The maximum Gasteiger partial charge on any atom is 0.0165 e. The number of hydrogen-bond acceptors (Lipinski definition) is 4. The summed E-state index contributed by atoms with van der Waals surface area (Å²) < 4.78 is 0. The monoisotopic (exact) mass is 352 g/mol. The molecule has 2 rings (SSSR count). The fourth-order valence-electron chi connectivity index (χ4n) is 3.43. The highest BCUT2D eigenvalue weighted by Gasteiger charge is 2.16. The smallest absolute Gasteiger partial charge is 0.0165 e. The number of halogens is 1. The number of likely N-dealkylation sites (tertiary alicyclic amines) is 2. The number of nitrogens with zero attached hydrogens (tertiary/aromatic N) is 2. The Balaban J connectivity index is 0.00000220. The van der Waals surface area contributed by atoms with Crippen molar-refractivity contribution in [3.8, 4) is 0 Å². The molecule has 126 valence electrons. The molecule has 0 aromatic heterocycles. The molecule has 2 heterocycles. The van der Waals surface area contributed by atoms with Gasteiger partial charge < -0.3 is 9.80 Å². The summed E-state index contributed by atoms with van der Waals surface area (Å²) in [5.74, 6) is 4.44. The van der Waals surface area contributed by atoms with E-state index in [1.807, 2.05) is 0 Å². The lowest BCUT2D eigenvalue weighted by molar-refractivity contribution is 0.194. The Labute approximate surface area is 146 Å². The molecule has 2 saturated heterocycles. The standard InChI is InChI=1S/C16H32N2S2.ClH/c1-15-5-3-7-17(13-15)9-11-19-20-12-10-18-8-4-6-16(2)14-18;/h15-16H,3-14H2,1-2H3;1H. The van der Waals surface area contributed by atoms with Crippen LogP contribution in [0.1, 0.15) is 39.5 Å². The number of hydrogen-bond donors (Lipinski definition) is 0. The maximum absolute atomic E-state index is 2.66. The van der Waals surface area contributed by atoms with Crippen molar-refractivity contribution >= 4 is 34.0 Å². The first-order chi connectivity index (χ1) is 9.74. The largest absolute Gasteiger partial charge is 0.302 e. The average Bonchev–Trinajstić information content (AvgIpc) is 2.43. The van der Waals surface area contributed by atoms with Gasteiger partial charge in [-0.2, -0.15) is 0 Å². The van der Waals surface area contributed by atoms with Crippen molar-refractivity contribution in [2.24, 2.45) is 11.8 Å². The van der Waals surface area contributed by atoms with E-state index in [0.717, 1.165) is 11.8 Å². The lowest BCUT2D eigenvalue weighted by Gasteiger charge is -2.31. The van der Waals surface area contributed by atoms with Gasteiger partial charge in [-0.3, -0.25) is 0 Å². The molecule has 21 heavy (non-hydrogen) atoms. The first-order valence-electron chi connectivity index (χ1n) is 8.43. The van der Waals surface area contributed by atoms with E-state index in [4.69, 9.17) is 0 Å². The molecule has 2 atom stereocenters. The second-order valence-corrected chi connectivity index (χ2v) is 9.44. The lowest BCUT2D eigenvalue weighted by Crippen LogP contribution is -2.36. The highest BCUT2D eigenvalue weighted by Crippen LogP contribution is 2.23. The third-order valence-electron chi connectivity index (χ3n) is 4.55. The van der Waals surface area contributed by atoms with Gasteiger partial charge in [0.15, 0.2) is 0 Å². The van der Waals surface area contributed by atoms with Crippen LogP contribution >= 0.6 is 34.0 Å². The Morgan fingerprint density at radius 2 is 1.24 bits per heavy atom. The molecule has 5 heteroatoms. The first-order valence-corrected chi connectivity index (χ1v) is 10.9. The van der Waals surface area contributed by atoms with E-state index in [1.54, 1.807) is 0 Å². The van der Waals surface area contributed by atoms with Crippen molar-refractivity contribution < 1.29 is 0 Å². The average molecular weight is 353 g/mol. The molecule has 0 aromatic rings. The summed E-state index contributed by atoms with van der Waals surface area (Å²) >= 11 is 0. The lowest BCUT2D eigenvalue weighted by atomic mass is 10.0. The van der Waals surface area contributed by atoms with Crippen molar-refractivity contribution in [1.82, 2.24) is 9.80 Å². The van der Waals surface area contributed by atoms with Gasteiger partial charge in [0.1, 0.15) is 0 Å². The quantitative estimate of drug-likeness (QED) is 0.498. The van der Waals surface area contributed by atoms with E-state index in [1.165, 1.54) is 76.5 Å². The molecule has 2 aliphatic heterocycles. The van der Waals surface area contributed by atoms with Gasteiger partial charge in [0.25, 0.3) is 0 Å². The summed E-state index contributed by atoms with van der Waals surface area (Å²) in [6.45, 7) is 12.7. The molecule has 0 bridgehead atoms. The van der Waals surface area contributed by atoms with E-state index in [9.17, 15) is 0 Å². The van der Waals surface area contributed by atoms with Gasteiger partial charge in [0.2, 0.25) is 0 Å². The van der Waals surface area contributed by atoms with E-state index >= 15 is 0 Å². The second kappa shape index (κ2) is 11.4. The third-order valence-corrected chi connectivity index (χ3v) is 6.91. The molecule has 2 unspecified atom stereocenters. The van der Waals surface area contributed by atoms with Crippen LogP contribution in [0.5, 0.6) is 0 Å². The van der Waals surface area contributed by atoms with Crippen LogP contribution in [0, 0.1) is 11.8 Å². The minimum atomic E-state index is 0. The third kappa shape index (κ3) is 8.36. The zero-order valence-corrected chi connectivity index (χ0v) is 16.2. The molecule has 2 aliphatic rings. The predicted molar refractivity (Wildman–Crippen MR) is 102 cm³/mol. The molecule has 0 aliphatic carbocycles. The van der Waals surface area contributed by atoms with Crippen LogP contribution in [-0.4, -0.2) is 60.6 Å². The van der Waals surface area contributed by atoms with Crippen molar-refractivity contribution in [2.75, 3.05) is 50.8 Å². The van der Waals surface area contributed by atoms with Gasteiger partial charge in [-0.1, -0.05) is 35.4 Å². The first kappa shape index (κ1) is 20.0. The van der Waals surface area contributed by atoms with Gasteiger partial charge in [0, 0.05) is 37.7 Å². The summed E-state index contributed by atoms with van der Waals surface area (Å²) in [7, 11) is 4.17. The Hall–Kier alpha value is 0.910. The zero-order valence-electron chi connectivity index (χ0n) is 13.8. The molecule has 0 amide bonds. The van der Waals surface area contributed by atoms with E-state index < -0.39 is 0 Å². The Bertz CT molecular complexity index is 243. The van der Waals surface area contributed by atoms with Crippen LogP contribution in [0.15, 0.2) is 0 Å². The maximum atomic E-state index is 2.66. The van der Waals surface area contributed by atoms with Crippen LogP contribution in [0.3, 0.4) is 0 Å². The fourth-order valence-corrected chi connectivity index (χ4v) is 5.49. The van der Waals surface area contributed by atoms with E-state index in [0.29, 0.717) is 0 Å². The number of rotatable bonds is 7. The zero-order chi connectivity index (χ0) is 14.2. The fraction of sp³-hybridized carbons (Fsp3) is 1.00. The number of piperidine rings is 2. The van der Waals surface area contributed by atoms with Gasteiger partial charge in [0.05, 0.1) is 0 Å². The summed E-state index contributed by atoms with van der Waals surface area (Å²) in [6, 6.07) is 0. The molecular weight excluding hydrogens is 320 g/mol. The van der Waals surface area contributed by atoms with Crippen molar-refractivity contribution in [3.63, 3.8) is 0 Å². The SMILES string of the molecule is CC1CCCN(CCSSCCN2CCCC(C)C2)C1.Cl. The van der Waals surface area contributed by atoms with Crippen LogP contribution in [-0.2, 0) is 0 Å². The van der Waals surface area contributed by atoms with Gasteiger partial charge >= 0.3 is 0 Å². The van der Waals surface area contributed by atoms with Crippen molar-refractivity contribution in [1.29, 1.82) is 0 Å². The summed E-state index contributed by atoms with van der Waals surface area (Å²) in [6.07, 6.45) is 5.69. The van der Waals surface area contributed by atoms with Crippen LogP contribution < -0.4 is 0 Å². The molecular formula is C16H33ClN2S2. The van der Waals surface area contributed by atoms with Crippen LogP contribution in [0.2, 0.25) is 0 Å². The van der Waals surface area contributed by atoms with E-state index in [-0.39, 0.29) is 12.4 Å². The Morgan fingerprint density at radius 3 is 1.62 bits per heavy atom. The molecule has 0 N–H and O–H groups in total. The highest BCUT2D eigenvalue weighted by atomic mass is 35.5. The molecule has 0 spiro atoms. The summed E-state index contributed by atoms with van der Waals surface area (Å²) in [5.41, 5.74) is 0. The van der Waals surface area contributed by atoms with E-state index in [2.05, 4.69) is 45.2 Å². The highest BCUT2D eigenvalue weighted by molar-refractivity contribution is 8.76. The summed E-state index contributed by atoms with van der Waals surface area (Å²) in [4.78, 5) is 5.32. The van der Waals surface area contributed by atoms with Crippen molar-refractivity contribution in [3.05, 3.63) is 0 Å². The van der Waals surface area contributed by atoms with Crippen molar-refractivity contribution in [2.45, 2.75) is 39.5 Å². The molecule has 2 nitrogen and oxygen atoms in total. The molecule has 0 radical (unpaired) electrons. The normalized spacial score (nSPS) is 28.3. The van der Waals surface area contributed by atoms with Crippen LogP contribution in [0.4, 0.5) is 0 Å². The second-order valence-electron chi connectivity index (χ2n) is 6.74. The molecule has 2 fully saturated rings. The van der Waals surface area contributed by atoms with Gasteiger partial charge in [-0.05, 0) is 50.6 Å². The van der Waals surface area contributed by atoms with Crippen LogP contribution in [0.25, 0.3) is 0 Å². The topological polar surface area (TPSA) is 6.48 Å². The predicted octanol–water partition coefficient (Wildman–Crippen LogP) is 4.25. The summed E-state index contributed by atoms with van der Waals surface area (Å²) in [5, 5.41) is 0. The minimum absolute atomic E-state index is 0. The Kier molecular flexibility index (Phi) is 10.9. The van der Waals surface area contributed by atoms with Gasteiger partial charge in [-0.15, -0.1) is 12.4 Å².